The maximum Gasteiger partial charge on any atom is 0.126 e. The van der Waals surface area contributed by atoms with E-state index in [9.17, 15) is 4.39 Å². The van der Waals surface area contributed by atoms with Crippen LogP contribution in [0.5, 0.6) is 0 Å². The minimum absolute atomic E-state index is 0.198. The summed E-state index contributed by atoms with van der Waals surface area (Å²) in [6, 6.07) is 12.7. The fourth-order valence-electron chi connectivity index (χ4n) is 1.92. The van der Waals surface area contributed by atoms with Gasteiger partial charge in [-0.05, 0) is 48.2 Å². The second kappa shape index (κ2) is 5.85. The maximum absolute atomic E-state index is 13.6. The Morgan fingerprint density at radius 3 is 2.67 bits per heavy atom. The third-order valence-electron chi connectivity index (χ3n) is 2.94. The Hall–Kier alpha value is -0.860. The lowest BCUT2D eigenvalue weighted by Gasteiger charge is -2.14. The fourth-order valence-corrected chi connectivity index (χ4v) is 2.70. The van der Waals surface area contributed by atoms with Crippen LogP contribution in [0.3, 0.4) is 0 Å². The van der Waals surface area contributed by atoms with Gasteiger partial charge in [0.2, 0.25) is 0 Å². The van der Waals surface area contributed by atoms with Crippen molar-refractivity contribution in [2.45, 2.75) is 18.7 Å². The minimum Gasteiger partial charge on any atom is -0.207 e. The first-order valence-corrected chi connectivity index (χ1v) is 6.94. The number of benzene rings is 2. The van der Waals surface area contributed by atoms with Gasteiger partial charge in [-0.2, -0.15) is 0 Å². The number of hydrogen-bond donors (Lipinski definition) is 0. The van der Waals surface area contributed by atoms with Crippen molar-refractivity contribution in [1.82, 2.24) is 0 Å². The van der Waals surface area contributed by atoms with E-state index < -0.39 is 0 Å². The first kappa shape index (κ1) is 13.6. The average molecular weight is 328 g/mol. The molecule has 0 bridgehead atoms. The first-order valence-electron chi connectivity index (χ1n) is 5.71. The van der Waals surface area contributed by atoms with Crippen molar-refractivity contribution < 1.29 is 4.39 Å². The van der Waals surface area contributed by atoms with Gasteiger partial charge in [0.05, 0.1) is 5.38 Å². The molecule has 0 amide bonds. The molecule has 0 radical (unpaired) electrons. The van der Waals surface area contributed by atoms with E-state index in [1.54, 1.807) is 12.1 Å². The molecule has 18 heavy (non-hydrogen) atoms. The molecule has 2 aromatic rings. The van der Waals surface area contributed by atoms with Crippen LogP contribution in [-0.2, 0) is 6.42 Å². The summed E-state index contributed by atoms with van der Waals surface area (Å²) in [4.78, 5) is 0. The summed E-state index contributed by atoms with van der Waals surface area (Å²) >= 11 is 9.83. The van der Waals surface area contributed by atoms with Gasteiger partial charge in [0.15, 0.2) is 0 Å². The summed E-state index contributed by atoms with van der Waals surface area (Å²) in [7, 11) is 0. The molecule has 0 saturated heterocycles. The molecule has 0 spiro atoms. The predicted octanol–water partition coefficient (Wildman–Crippen LogP) is 5.42. The second-order valence-electron chi connectivity index (χ2n) is 4.26. The summed E-state index contributed by atoms with van der Waals surface area (Å²) in [6.07, 6.45) is 0.492. The monoisotopic (exact) mass is 326 g/mol. The topological polar surface area (TPSA) is 0 Å². The van der Waals surface area contributed by atoms with Crippen LogP contribution in [0.25, 0.3) is 0 Å². The van der Waals surface area contributed by atoms with Crippen LogP contribution in [0.15, 0.2) is 46.9 Å². The molecule has 0 aliphatic heterocycles. The molecule has 0 saturated carbocycles. The van der Waals surface area contributed by atoms with E-state index in [0.717, 1.165) is 15.6 Å². The molecule has 1 atom stereocenters. The number of rotatable bonds is 3. The van der Waals surface area contributed by atoms with E-state index in [0.29, 0.717) is 12.0 Å². The Labute approximate surface area is 120 Å². The second-order valence-corrected chi connectivity index (χ2v) is 5.71. The van der Waals surface area contributed by atoms with Crippen LogP contribution in [0, 0.1) is 12.7 Å². The van der Waals surface area contributed by atoms with E-state index in [1.807, 2.05) is 31.2 Å². The van der Waals surface area contributed by atoms with Gasteiger partial charge in [0.1, 0.15) is 5.82 Å². The highest BCUT2D eigenvalue weighted by Gasteiger charge is 2.14. The zero-order valence-corrected chi connectivity index (χ0v) is 12.3. The van der Waals surface area contributed by atoms with Crippen molar-refractivity contribution in [3.8, 4) is 0 Å². The highest BCUT2D eigenvalue weighted by Crippen LogP contribution is 2.30. The van der Waals surface area contributed by atoms with E-state index in [1.165, 1.54) is 6.07 Å². The number of aryl methyl sites for hydroxylation is 1. The molecule has 0 fully saturated rings. The summed E-state index contributed by atoms with van der Waals surface area (Å²) in [5.74, 6) is -0.198. The van der Waals surface area contributed by atoms with E-state index in [-0.39, 0.29) is 11.2 Å². The molecule has 1 unspecified atom stereocenters. The molecule has 0 nitrogen and oxygen atoms in total. The highest BCUT2D eigenvalue weighted by atomic mass is 79.9. The largest absolute Gasteiger partial charge is 0.207 e. The molecule has 0 aromatic heterocycles. The minimum atomic E-state index is -0.223. The Morgan fingerprint density at radius 2 is 1.94 bits per heavy atom. The average Bonchev–Trinajstić information content (AvgIpc) is 2.35. The Morgan fingerprint density at radius 1 is 1.22 bits per heavy atom. The fraction of sp³-hybridized carbons (Fsp3) is 0.200. The smallest absolute Gasteiger partial charge is 0.126 e. The molecule has 0 aliphatic carbocycles. The Bertz CT molecular complexity index is 554. The zero-order chi connectivity index (χ0) is 13.1. The van der Waals surface area contributed by atoms with Gasteiger partial charge < -0.3 is 0 Å². The van der Waals surface area contributed by atoms with Gasteiger partial charge >= 0.3 is 0 Å². The molecule has 0 N–H and O–H groups in total. The molecule has 2 aromatic carbocycles. The van der Waals surface area contributed by atoms with Gasteiger partial charge in [-0.3, -0.25) is 0 Å². The summed E-state index contributed by atoms with van der Waals surface area (Å²) in [6.45, 7) is 2.01. The van der Waals surface area contributed by atoms with Crippen molar-refractivity contribution in [3.63, 3.8) is 0 Å². The van der Waals surface area contributed by atoms with Gasteiger partial charge in [0, 0.05) is 4.47 Å². The van der Waals surface area contributed by atoms with E-state index in [4.69, 9.17) is 11.6 Å². The summed E-state index contributed by atoms with van der Waals surface area (Å²) in [5, 5.41) is -0.223. The van der Waals surface area contributed by atoms with Gasteiger partial charge in [-0.1, -0.05) is 40.2 Å². The lowest BCUT2D eigenvalue weighted by Crippen LogP contribution is -2.00. The number of hydrogen-bond acceptors (Lipinski definition) is 0. The third kappa shape index (κ3) is 3.12. The molecule has 2 rings (SSSR count). The van der Waals surface area contributed by atoms with Gasteiger partial charge in [-0.25, -0.2) is 4.39 Å². The van der Waals surface area contributed by atoms with Crippen LogP contribution < -0.4 is 0 Å². The molecule has 3 heteroatoms. The van der Waals surface area contributed by atoms with Crippen LogP contribution in [0.2, 0.25) is 0 Å². The van der Waals surface area contributed by atoms with E-state index >= 15 is 0 Å². The van der Waals surface area contributed by atoms with Gasteiger partial charge in [0.25, 0.3) is 0 Å². The molecule has 0 aliphatic rings. The molecular formula is C15H13BrClF. The van der Waals surface area contributed by atoms with E-state index in [2.05, 4.69) is 15.9 Å². The SMILES string of the molecule is Cc1ccc(Br)cc1C(Cl)Cc1ccccc1F. The van der Waals surface area contributed by atoms with Crippen molar-refractivity contribution in [2.75, 3.05) is 0 Å². The zero-order valence-electron chi connectivity index (χ0n) is 9.96. The highest BCUT2D eigenvalue weighted by molar-refractivity contribution is 9.10. The summed E-state index contributed by atoms with van der Waals surface area (Å²) < 4.78 is 14.6. The normalized spacial score (nSPS) is 12.4. The lowest BCUT2D eigenvalue weighted by molar-refractivity contribution is 0.607. The van der Waals surface area contributed by atoms with Crippen molar-refractivity contribution in [1.29, 1.82) is 0 Å². The number of halogens is 3. The molecular weight excluding hydrogens is 315 g/mol. The van der Waals surface area contributed by atoms with Crippen LogP contribution in [0.4, 0.5) is 4.39 Å². The van der Waals surface area contributed by atoms with Gasteiger partial charge in [-0.15, -0.1) is 11.6 Å². The summed E-state index contributed by atoms with van der Waals surface area (Å²) in [5.41, 5.74) is 2.81. The molecule has 0 heterocycles. The Kier molecular flexibility index (Phi) is 4.41. The Balaban J connectivity index is 2.25. The lowest BCUT2D eigenvalue weighted by atomic mass is 10.00. The van der Waals surface area contributed by atoms with Crippen molar-refractivity contribution >= 4 is 27.5 Å². The maximum atomic E-state index is 13.6. The van der Waals surface area contributed by atoms with Crippen molar-refractivity contribution in [2.24, 2.45) is 0 Å². The molecule has 94 valence electrons. The predicted molar refractivity (Wildman–Crippen MR) is 77.6 cm³/mol. The van der Waals surface area contributed by atoms with Crippen LogP contribution in [0.1, 0.15) is 22.1 Å². The third-order valence-corrected chi connectivity index (χ3v) is 3.82. The van der Waals surface area contributed by atoms with Crippen molar-refractivity contribution in [3.05, 3.63) is 69.4 Å². The first-order chi connectivity index (χ1) is 8.58. The van der Waals surface area contributed by atoms with Crippen LogP contribution in [-0.4, -0.2) is 0 Å². The standard InChI is InChI=1S/C15H13BrClF/c1-10-6-7-12(16)9-13(10)14(17)8-11-4-2-3-5-15(11)18/h2-7,9,14H,8H2,1H3. The number of alkyl halides is 1. The quantitative estimate of drug-likeness (QED) is 0.660. The van der Waals surface area contributed by atoms with Crippen LogP contribution >= 0.6 is 27.5 Å².